The third kappa shape index (κ3) is 10.6. The van der Waals surface area contributed by atoms with E-state index in [0.717, 1.165) is 72.9 Å². The van der Waals surface area contributed by atoms with Crippen molar-refractivity contribution in [2.24, 2.45) is 11.8 Å². The minimum Gasteiger partial charge on any atom is -0.465 e. The first-order valence-electron chi connectivity index (χ1n) is 19.7. The number of aromatic amines is 1. The lowest BCUT2D eigenvalue weighted by Crippen LogP contribution is -2.48. The fourth-order valence-electron chi connectivity index (χ4n) is 7.95. The van der Waals surface area contributed by atoms with Crippen LogP contribution >= 0.6 is 0 Å². The number of carbonyl (C=O) groups excluding carboxylic acids is 3. The average Bonchev–Trinajstić information content (AvgIpc) is 3.76. The Labute approximate surface area is 327 Å². The molecule has 6 N–H and O–H groups in total. The number of aromatic nitrogens is 4. The molecule has 1 atom stereocenters. The summed E-state index contributed by atoms with van der Waals surface area (Å²) in [5, 5.41) is 34.5. The second kappa shape index (κ2) is 18.8. The van der Waals surface area contributed by atoms with Gasteiger partial charge in [-0.3, -0.25) is 14.4 Å². The molecule has 0 aliphatic heterocycles. The standard InChI is InChI=1S/C42H53N9O5/c1-4-51(3)35-20-18-34(19-21-35)44-40(53)32-15-22-36(26(2)23-32)29-9-5-27(6-10-29)24-37(46-39(52)31-11-7-28(8-12-31)25-43-42(55)56)41(54)45-33-16-13-30(14-17-33)38-47-49-50-48-38/h5-6,9-10,13-17,22-23,28,31,34-35,37,43H,4,7-8,11-12,18-21,24-25H2,1-3H3,(H,44,53)(H,45,54)(H,46,52)(H,55,56)(H,47,48,49,50)/t28?,31?,34-,35-,37-/m0/s1. The molecule has 1 aromatic heterocycles. The Morgan fingerprint density at radius 3 is 2.21 bits per heavy atom. The number of rotatable bonds is 14. The van der Waals surface area contributed by atoms with Crippen molar-refractivity contribution in [3.05, 3.63) is 83.4 Å². The van der Waals surface area contributed by atoms with Crippen molar-refractivity contribution in [1.82, 2.24) is 41.5 Å². The van der Waals surface area contributed by atoms with Gasteiger partial charge in [-0.2, -0.15) is 0 Å². The lowest BCUT2D eigenvalue weighted by atomic mass is 9.81. The maximum absolute atomic E-state index is 13.8. The third-order valence-electron chi connectivity index (χ3n) is 11.5. The topological polar surface area (TPSA) is 194 Å². The summed E-state index contributed by atoms with van der Waals surface area (Å²) in [6.07, 6.45) is 6.08. The summed E-state index contributed by atoms with van der Waals surface area (Å²) in [6.45, 7) is 5.59. The number of amides is 4. The summed E-state index contributed by atoms with van der Waals surface area (Å²) in [5.74, 6) is -0.147. The molecule has 3 aromatic carbocycles. The highest BCUT2D eigenvalue weighted by Crippen LogP contribution is 2.30. The molecule has 1 heterocycles. The number of nitrogens with one attached hydrogen (secondary N) is 5. The molecule has 0 radical (unpaired) electrons. The molecule has 0 bridgehead atoms. The maximum atomic E-state index is 13.8. The van der Waals surface area contributed by atoms with Crippen molar-refractivity contribution < 1.29 is 24.3 Å². The summed E-state index contributed by atoms with van der Waals surface area (Å²) in [4.78, 5) is 53.9. The first kappa shape index (κ1) is 40.0. The Morgan fingerprint density at radius 2 is 1.59 bits per heavy atom. The smallest absolute Gasteiger partial charge is 0.404 e. The van der Waals surface area contributed by atoms with Crippen molar-refractivity contribution in [3.8, 4) is 22.5 Å². The van der Waals surface area contributed by atoms with Crippen LogP contribution in [0.2, 0.25) is 0 Å². The first-order valence-corrected chi connectivity index (χ1v) is 19.7. The Hall–Kier alpha value is -5.63. The predicted octanol–water partition coefficient (Wildman–Crippen LogP) is 5.57. The van der Waals surface area contributed by atoms with Gasteiger partial charge in [0.25, 0.3) is 5.91 Å². The number of carbonyl (C=O) groups is 4. The molecule has 56 heavy (non-hydrogen) atoms. The molecular formula is C42H53N9O5. The molecular weight excluding hydrogens is 711 g/mol. The van der Waals surface area contributed by atoms with E-state index in [4.69, 9.17) is 5.11 Å². The number of H-pyrrole nitrogens is 1. The van der Waals surface area contributed by atoms with E-state index in [0.29, 0.717) is 42.5 Å². The van der Waals surface area contributed by atoms with Crippen LogP contribution in [0.4, 0.5) is 10.5 Å². The van der Waals surface area contributed by atoms with Crippen molar-refractivity contribution >= 4 is 29.5 Å². The van der Waals surface area contributed by atoms with Crippen molar-refractivity contribution in [3.63, 3.8) is 0 Å². The van der Waals surface area contributed by atoms with Crippen LogP contribution in [0.15, 0.2) is 66.7 Å². The number of nitrogens with zero attached hydrogens (tertiary/aromatic N) is 4. The van der Waals surface area contributed by atoms with Crippen LogP contribution in [-0.2, 0) is 16.0 Å². The van der Waals surface area contributed by atoms with E-state index in [1.165, 1.54) is 0 Å². The Balaban J connectivity index is 1.10. The summed E-state index contributed by atoms with van der Waals surface area (Å²) >= 11 is 0. The number of benzene rings is 3. The van der Waals surface area contributed by atoms with Crippen LogP contribution < -0.4 is 21.3 Å². The Bertz CT molecular complexity index is 1940. The highest BCUT2D eigenvalue weighted by molar-refractivity contribution is 5.98. The monoisotopic (exact) mass is 763 g/mol. The van der Waals surface area contributed by atoms with Gasteiger partial charge in [-0.1, -0.05) is 37.3 Å². The van der Waals surface area contributed by atoms with Crippen molar-refractivity contribution in [2.75, 3.05) is 25.5 Å². The zero-order chi connectivity index (χ0) is 39.6. The van der Waals surface area contributed by atoms with Gasteiger partial charge < -0.3 is 31.3 Å². The van der Waals surface area contributed by atoms with Gasteiger partial charge in [-0.25, -0.2) is 9.89 Å². The van der Waals surface area contributed by atoms with Gasteiger partial charge in [-0.05, 0) is 147 Å². The molecule has 6 rings (SSSR count). The molecule has 2 aliphatic carbocycles. The third-order valence-corrected chi connectivity index (χ3v) is 11.5. The number of aryl methyl sites for hydroxylation is 1. The first-order chi connectivity index (χ1) is 27.1. The number of anilines is 1. The summed E-state index contributed by atoms with van der Waals surface area (Å²) in [6, 6.07) is 20.8. The number of hydrogen-bond donors (Lipinski definition) is 6. The largest absolute Gasteiger partial charge is 0.465 e. The molecule has 14 heteroatoms. The Kier molecular flexibility index (Phi) is 13.4. The predicted molar refractivity (Wildman–Crippen MR) is 214 cm³/mol. The molecule has 0 saturated heterocycles. The fraction of sp³-hybridized carbons (Fsp3) is 0.452. The van der Waals surface area contributed by atoms with Gasteiger partial charge in [0, 0.05) is 47.8 Å². The molecule has 4 amide bonds. The molecule has 4 aromatic rings. The highest BCUT2D eigenvalue weighted by Gasteiger charge is 2.30. The number of hydrogen-bond acceptors (Lipinski definition) is 8. The quantitative estimate of drug-likeness (QED) is 0.0952. The van der Waals surface area contributed by atoms with Crippen molar-refractivity contribution in [1.29, 1.82) is 0 Å². The minimum atomic E-state index is -1.05. The van der Waals surface area contributed by atoms with E-state index >= 15 is 0 Å². The number of tetrazole rings is 1. The van der Waals surface area contributed by atoms with Gasteiger partial charge >= 0.3 is 6.09 Å². The van der Waals surface area contributed by atoms with Gasteiger partial charge in [0.05, 0.1) is 0 Å². The van der Waals surface area contributed by atoms with Gasteiger partial charge in [0.2, 0.25) is 11.8 Å². The average molecular weight is 764 g/mol. The molecule has 14 nitrogen and oxygen atoms in total. The molecule has 0 spiro atoms. The zero-order valence-electron chi connectivity index (χ0n) is 32.4. The maximum Gasteiger partial charge on any atom is 0.404 e. The SMILES string of the molecule is CCN(C)[C@H]1CC[C@H](NC(=O)c2ccc(-c3ccc(C[C@H](NC(=O)C4CCC(CNC(=O)O)CC4)C(=O)Nc4ccc(-c5nnn[nH]5)cc4)cc3)c(C)c2)CC1. The lowest BCUT2D eigenvalue weighted by molar-refractivity contribution is -0.130. The lowest BCUT2D eigenvalue weighted by Gasteiger charge is -2.34. The van der Waals surface area contributed by atoms with Gasteiger partial charge in [-0.15, -0.1) is 5.10 Å². The van der Waals surface area contributed by atoms with E-state index in [9.17, 15) is 19.2 Å². The van der Waals surface area contributed by atoms with Crippen LogP contribution in [0.3, 0.4) is 0 Å². The van der Waals surface area contributed by atoms with Crippen molar-refractivity contribution in [2.45, 2.75) is 89.8 Å². The van der Waals surface area contributed by atoms with Crippen LogP contribution in [-0.4, -0.2) is 92.7 Å². The molecule has 296 valence electrons. The van der Waals surface area contributed by atoms with Crippen LogP contribution in [0.25, 0.3) is 22.5 Å². The van der Waals surface area contributed by atoms with Crippen LogP contribution in [0, 0.1) is 18.8 Å². The van der Waals surface area contributed by atoms with E-state index < -0.39 is 12.1 Å². The van der Waals surface area contributed by atoms with E-state index in [2.05, 4.69) is 60.8 Å². The molecule has 0 unspecified atom stereocenters. The fourth-order valence-corrected chi connectivity index (χ4v) is 7.95. The van der Waals surface area contributed by atoms with E-state index in [1.807, 2.05) is 49.4 Å². The summed E-state index contributed by atoms with van der Waals surface area (Å²) in [7, 11) is 2.17. The van der Waals surface area contributed by atoms with E-state index in [1.54, 1.807) is 24.3 Å². The Morgan fingerprint density at radius 1 is 0.893 bits per heavy atom. The summed E-state index contributed by atoms with van der Waals surface area (Å²) < 4.78 is 0. The minimum absolute atomic E-state index is 0.0417. The van der Waals surface area contributed by atoms with E-state index in [-0.39, 0.29) is 42.0 Å². The second-order valence-electron chi connectivity index (χ2n) is 15.3. The summed E-state index contributed by atoms with van der Waals surface area (Å²) in [5.41, 5.74) is 5.83. The second-order valence-corrected chi connectivity index (χ2v) is 15.3. The molecule has 2 fully saturated rings. The van der Waals surface area contributed by atoms with Gasteiger partial charge in [0.1, 0.15) is 6.04 Å². The molecule has 2 aliphatic rings. The highest BCUT2D eigenvalue weighted by atomic mass is 16.4. The molecule has 2 saturated carbocycles. The number of carboxylic acid groups (broad SMARTS) is 1. The zero-order valence-corrected chi connectivity index (χ0v) is 32.4. The normalized spacial score (nSPS) is 20.1. The van der Waals surface area contributed by atoms with Crippen LogP contribution in [0.5, 0.6) is 0 Å². The van der Waals surface area contributed by atoms with Crippen LogP contribution in [0.1, 0.15) is 79.8 Å². The van der Waals surface area contributed by atoms with Gasteiger partial charge in [0.15, 0.2) is 5.82 Å².